The number of hydrogen-bond acceptors (Lipinski definition) is 22. The van der Waals surface area contributed by atoms with E-state index in [9.17, 15) is 9.90 Å². The van der Waals surface area contributed by atoms with Gasteiger partial charge in [0.2, 0.25) is 0 Å². The van der Waals surface area contributed by atoms with Crippen molar-refractivity contribution in [3.63, 3.8) is 0 Å². The van der Waals surface area contributed by atoms with Crippen LogP contribution in [0.1, 0.15) is 11.1 Å². The summed E-state index contributed by atoms with van der Waals surface area (Å²) in [6, 6.07) is 19.9. The lowest BCUT2D eigenvalue weighted by molar-refractivity contribution is -0.132. The van der Waals surface area contributed by atoms with E-state index in [0.717, 1.165) is 0 Å². The first-order chi connectivity index (χ1) is 27.8. The second kappa shape index (κ2) is 39.8. The molecular weight excluding hydrogens is 798 g/mol. The van der Waals surface area contributed by atoms with Gasteiger partial charge in [-0.3, -0.25) is 0 Å². The van der Waals surface area contributed by atoms with Crippen molar-refractivity contribution in [2.75, 3.05) is 66.1 Å². The molecule has 0 saturated heterocycles. The van der Waals surface area contributed by atoms with Crippen LogP contribution in [0.2, 0.25) is 0 Å². The predicted molar refractivity (Wildman–Crippen MR) is 203 cm³/mol. The number of hydrogen-bond donors (Lipinski definition) is 21. The van der Waals surface area contributed by atoms with Gasteiger partial charge in [0.25, 0.3) is 0 Å². The Morgan fingerprint density at radius 3 is 0.678 bits per heavy atom. The van der Waals surface area contributed by atoms with Crippen molar-refractivity contribution in [2.45, 2.75) is 61.0 Å². The molecule has 2 aromatic carbocycles. The SMILES string of the molecule is N#CC(C(=O)O)=C(c1ccccc1)c1ccccc1.OC[C@@H](O)[C@@H](O)CO.OC[C@@H](O)[C@@H](O)CO.OC[C@@H](O)[C@@H](O)CO.OC[C@@H](O)[C@@H](O)CO.OC[C@@H](O)[C@@H](O)CO. The molecular formula is C36H61NO22. The Balaban J connectivity index is -0.000000326. The molecule has 21 N–H and O–H groups in total. The first-order valence-corrected chi connectivity index (χ1v) is 17.2. The molecule has 0 radical (unpaired) electrons. The number of carboxylic acids is 1. The maximum Gasteiger partial charge on any atom is 0.347 e. The number of aliphatic hydroxyl groups excluding tert-OH is 20. The van der Waals surface area contributed by atoms with E-state index in [2.05, 4.69) is 0 Å². The standard InChI is InChI=1S/C16H11NO2.5C4H10O4/c17-11-14(16(18)19)15(12-7-3-1-4-8-12)13-9-5-2-6-10-13;5*5-1-3(7)4(8)2-6/h1-10H,(H,18,19);5*3-8H,1-2H2/t;5*3-,4+. The smallest absolute Gasteiger partial charge is 0.347 e. The molecule has 23 heteroatoms. The van der Waals surface area contributed by atoms with Crippen LogP contribution in [0.25, 0.3) is 5.57 Å². The number of aliphatic carboxylic acids is 1. The molecule has 0 aliphatic heterocycles. The molecule has 0 unspecified atom stereocenters. The third-order valence-electron chi connectivity index (χ3n) is 6.79. The van der Waals surface area contributed by atoms with Gasteiger partial charge in [-0.1, -0.05) is 60.7 Å². The van der Waals surface area contributed by atoms with Crippen molar-refractivity contribution in [1.82, 2.24) is 0 Å². The summed E-state index contributed by atoms with van der Waals surface area (Å²) >= 11 is 0. The van der Waals surface area contributed by atoms with E-state index >= 15 is 0 Å². The number of carbonyl (C=O) groups is 1. The van der Waals surface area contributed by atoms with Crippen LogP contribution in [0.5, 0.6) is 0 Å². The van der Waals surface area contributed by atoms with Gasteiger partial charge in [-0.2, -0.15) is 5.26 Å². The highest BCUT2D eigenvalue weighted by Crippen LogP contribution is 2.26. The summed E-state index contributed by atoms with van der Waals surface area (Å²) < 4.78 is 0. The number of benzene rings is 2. The molecule has 0 aliphatic carbocycles. The van der Waals surface area contributed by atoms with E-state index in [-0.39, 0.29) is 5.57 Å². The maximum absolute atomic E-state index is 11.2. The maximum atomic E-state index is 11.2. The number of carboxylic acid groups (broad SMARTS) is 1. The van der Waals surface area contributed by atoms with E-state index in [1.54, 1.807) is 30.3 Å². The van der Waals surface area contributed by atoms with Crippen molar-refractivity contribution in [3.8, 4) is 6.07 Å². The molecule has 10 atom stereocenters. The van der Waals surface area contributed by atoms with Crippen LogP contribution in [-0.4, -0.2) is 240 Å². The summed E-state index contributed by atoms with van der Waals surface area (Å²) in [6.07, 6.45) is -12.2. The van der Waals surface area contributed by atoms with Gasteiger partial charge in [-0.15, -0.1) is 0 Å². The second-order valence-corrected chi connectivity index (χ2v) is 11.4. The number of nitrogens with zero attached hydrogens (tertiary/aromatic N) is 1. The van der Waals surface area contributed by atoms with Gasteiger partial charge >= 0.3 is 5.97 Å². The van der Waals surface area contributed by atoms with Gasteiger partial charge < -0.3 is 107 Å². The third-order valence-corrected chi connectivity index (χ3v) is 6.79. The molecule has 23 nitrogen and oxygen atoms in total. The van der Waals surface area contributed by atoms with Gasteiger partial charge in [-0.05, 0) is 11.1 Å². The monoisotopic (exact) mass is 859 g/mol. The summed E-state index contributed by atoms with van der Waals surface area (Å²) in [7, 11) is 0. The Morgan fingerprint density at radius 1 is 0.390 bits per heavy atom. The number of nitriles is 1. The molecule has 2 aromatic rings. The normalized spacial score (nSPS) is 15.2. The topological polar surface area (TPSA) is 466 Å². The molecule has 0 heterocycles. The molecule has 2 rings (SSSR count). The highest BCUT2D eigenvalue weighted by atomic mass is 16.4. The predicted octanol–water partition coefficient (Wildman–Crippen LogP) is -8.44. The zero-order valence-corrected chi connectivity index (χ0v) is 31.9. The minimum Gasteiger partial charge on any atom is -0.477 e. The van der Waals surface area contributed by atoms with Gasteiger partial charge in [0.15, 0.2) is 0 Å². The van der Waals surface area contributed by atoms with Gasteiger partial charge in [-0.25, -0.2) is 4.79 Å². The Labute approximate surface area is 339 Å². The summed E-state index contributed by atoms with van der Waals surface area (Å²) in [5, 5.41) is 184. The molecule has 342 valence electrons. The minimum atomic E-state index is -1.22. The highest BCUT2D eigenvalue weighted by molar-refractivity contribution is 6.04. The van der Waals surface area contributed by atoms with Crippen molar-refractivity contribution in [1.29, 1.82) is 5.26 Å². The van der Waals surface area contributed by atoms with Crippen LogP contribution in [0.3, 0.4) is 0 Å². The number of rotatable bonds is 18. The minimum absolute atomic E-state index is 0.252. The second-order valence-electron chi connectivity index (χ2n) is 11.4. The fourth-order valence-corrected chi connectivity index (χ4v) is 3.09. The van der Waals surface area contributed by atoms with Crippen LogP contribution in [0.15, 0.2) is 66.2 Å². The highest BCUT2D eigenvalue weighted by Gasteiger charge is 2.18. The molecule has 0 spiro atoms. The van der Waals surface area contributed by atoms with Crippen LogP contribution in [0, 0.1) is 11.3 Å². The Morgan fingerprint density at radius 2 is 0.559 bits per heavy atom. The summed E-state index contributed by atoms with van der Waals surface area (Å²) in [5.41, 5.74) is 1.62. The summed E-state index contributed by atoms with van der Waals surface area (Å²) in [6.45, 7) is -5.26. The molecule has 0 aromatic heterocycles. The summed E-state index contributed by atoms with van der Waals surface area (Å²) in [4.78, 5) is 11.2. The lowest BCUT2D eigenvalue weighted by Crippen LogP contribution is -2.31. The van der Waals surface area contributed by atoms with Crippen molar-refractivity contribution < 1.29 is 112 Å². The van der Waals surface area contributed by atoms with Crippen molar-refractivity contribution in [3.05, 3.63) is 77.4 Å². The van der Waals surface area contributed by atoms with E-state index in [0.29, 0.717) is 16.7 Å². The Hall–Kier alpha value is -3.66. The fraction of sp³-hybridized carbons (Fsp3) is 0.556. The van der Waals surface area contributed by atoms with Gasteiger partial charge in [0.05, 0.1) is 66.1 Å². The molecule has 0 amide bonds. The molecule has 0 aliphatic rings. The quantitative estimate of drug-likeness (QED) is 0.0489. The first kappa shape index (κ1) is 62.0. The molecule has 59 heavy (non-hydrogen) atoms. The first-order valence-electron chi connectivity index (χ1n) is 17.2. The average molecular weight is 860 g/mol. The van der Waals surface area contributed by atoms with Gasteiger partial charge in [0.1, 0.15) is 72.7 Å². The Bertz CT molecular complexity index is 1150. The molecule has 0 fully saturated rings. The molecule has 0 saturated carbocycles. The van der Waals surface area contributed by atoms with E-state index < -0.39 is 133 Å². The van der Waals surface area contributed by atoms with Crippen molar-refractivity contribution >= 4 is 11.5 Å². The van der Waals surface area contributed by atoms with Crippen LogP contribution < -0.4 is 0 Å². The third kappa shape index (κ3) is 30.1. The zero-order valence-electron chi connectivity index (χ0n) is 31.9. The van der Waals surface area contributed by atoms with Crippen LogP contribution >= 0.6 is 0 Å². The lowest BCUT2D eigenvalue weighted by Gasteiger charge is -2.10. The van der Waals surface area contributed by atoms with Gasteiger partial charge in [0, 0.05) is 5.57 Å². The molecule has 0 bridgehead atoms. The number of aliphatic hydroxyl groups is 20. The van der Waals surface area contributed by atoms with E-state index in [1.807, 2.05) is 36.4 Å². The van der Waals surface area contributed by atoms with Crippen LogP contribution in [-0.2, 0) is 4.79 Å². The van der Waals surface area contributed by atoms with E-state index in [4.69, 9.17) is 107 Å². The largest absolute Gasteiger partial charge is 0.477 e. The Kier molecular flexibility index (Phi) is 41.8. The van der Waals surface area contributed by atoms with E-state index in [1.165, 1.54) is 0 Å². The zero-order chi connectivity index (χ0) is 46.5. The lowest BCUT2D eigenvalue weighted by atomic mass is 9.93. The fourth-order valence-electron chi connectivity index (χ4n) is 3.09. The summed E-state index contributed by atoms with van der Waals surface area (Å²) in [5.74, 6) is -1.22. The average Bonchev–Trinajstić information content (AvgIpc) is 3.29. The van der Waals surface area contributed by atoms with Crippen LogP contribution in [0.4, 0.5) is 0 Å². The van der Waals surface area contributed by atoms with Crippen molar-refractivity contribution in [2.24, 2.45) is 0 Å².